The highest BCUT2D eigenvalue weighted by molar-refractivity contribution is 7.89. The van der Waals surface area contributed by atoms with Gasteiger partial charge in [0.2, 0.25) is 10.0 Å². The third-order valence-electron chi connectivity index (χ3n) is 5.23. The number of sulfonamides is 1. The Labute approximate surface area is 196 Å². The van der Waals surface area contributed by atoms with E-state index in [9.17, 15) is 13.2 Å². The first-order chi connectivity index (χ1) is 15.7. The molecule has 0 atom stereocenters. The molecule has 0 saturated heterocycles. The van der Waals surface area contributed by atoms with Gasteiger partial charge in [0.15, 0.2) is 4.80 Å². The number of carbonyl (C=O) groups excluding carboxylic acids is 1. The molecule has 8 nitrogen and oxygen atoms in total. The summed E-state index contributed by atoms with van der Waals surface area (Å²) in [6.45, 7) is 4.02. The Morgan fingerprint density at radius 3 is 2.15 bits per heavy atom. The van der Waals surface area contributed by atoms with Crippen LogP contribution in [-0.2, 0) is 17.1 Å². The van der Waals surface area contributed by atoms with Gasteiger partial charge in [-0.1, -0.05) is 23.5 Å². The van der Waals surface area contributed by atoms with Crippen LogP contribution in [0.1, 0.15) is 34.3 Å². The molecule has 0 unspecified atom stereocenters. The highest BCUT2D eigenvalue weighted by atomic mass is 32.2. The van der Waals surface area contributed by atoms with Crippen LogP contribution in [0.2, 0.25) is 0 Å². The number of amides is 1. The monoisotopic (exact) mass is 481 g/mol. The molecule has 170 valence electrons. The maximum absolute atomic E-state index is 12.9. The van der Waals surface area contributed by atoms with Gasteiger partial charge in [0.1, 0.15) is 0 Å². The van der Waals surface area contributed by atoms with Crippen molar-refractivity contribution in [2.75, 3.05) is 13.1 Å². The van der Waals surface area contributed by atoms with Crippen molar-refractivity contribution in [3.63, 3.8) is 0 Å². The number of fused-ring (bicyclic) bond motifs is 1. The molecular formula is C23H23N5O3S2. The van der Waals surface area contributed by atoms with Gasteiger partial charge in [-0.3, -0.25) is 4.79 Å². The van der Waals surface area contributed by atoms with E-state index in [0.29, 0.717) is 4.80 Å². The van der Waals surface area contributed by atoms with Gasteiger partial charge in [0, 0.05) is 38.5 Å². The minimum absolute atomic E-state index is 0.00218. The first-order valence-electron chi connectivity index (χ1n) is 10.2. The van der Waals surface area contributed by atoms with Gasteiger partial charge < -0.3 is 4.57 Å². The summed E-state index contributed by atoms with van der Waals surface area (Å²) < 4.78 is 29.9. The number of aromatic nitrogens is 1. The fraction of sp³-hybridized carbons (Fsp3) is 0.304. The lowest BCUT2D eigenvalue weighted by Gasteiger charge is -2.20. The number of hydrogen-bond donors (Lipinski definition) is 0. The van der Waals surface area contributed by atoms with Gasteiger partial charge in [-0.15, -0.1) is 0 Å². The number of carbonyl (C=O) groups is 1. The highest BCUT2D eigenvalue weighted by Crippen LogP contribution is 2.24. The zero-order valence-corrected chi connectivity index (χ0v) is 20.2. The molecule has 1 aromatic heterocycles. The molecular weight excluding hydrogens is 458 g/mol. The van der Waals surface area contributed by atoms with E-state index < -0.39 is 15.9 Å². The summed E-state index contributed by atoms with van der Waals surface area (Å²) >= 11 is 1.43. The molecule has 0 aliphatic rings. The smallest absolute Gasteiger partial charge is 0.279 e. The average Bonchev–Trinajstić information content (AvgIpc) is 3.13. The van der Waals surface area contributed by atoms with Crippen molar-refractivity contribution in [1.82, 2.24) is 8.87 Å². The molecule has 0 radical (unpaired) electrons. The van der Waals surface area contributed by atoms with Crippen molar-refractivity contribution < 1.29 is 13.2 Å². The molecule has 0 fully saturated rings. The van der Waals surface area contributed by atoms with Gasteiger partial charge in [0.05, 0.1) is 27.3 Å². The molecule has 0 aliphatic heterocycles. The normalized spacial score (nSPS) is 12.1. The third kappa shape index (κ3) is 5.04. The molecule has 0 aliphatic carbocycles. The van der Waals surface area contributed by atoms with Crippen molar-refractivity contribution in [2.24, 2.45) is 12.0 Å². The van der Waals surface area contributed by atoms with E-state index in [2.05, 4.69) is 4.99 Å². The third-order valence-corrected chi connectivity index (χ3v) is 8.41. The molecule has 0 N–H and O–H groups in total. The summed E-state index contributed by atoms with van der Waals surface area (Å²) in [5.41, 5.74) is 3.50. The summed E-state index contributed by atoms with van der Waals surface area (Å²) in [4.78, 5) is 17.6. The lowest BCUT2D eigenvalue weighted by atomic mass is 10.1. The second-order valence-corrected chi connectivity index (χ2v) is 10.4. The van der Waals surface area contributed by atoms with Crippen LogP contribution in [0.3, 0.4) is 0 Å². The van der Waals surface area contributed by atoms with Gasteiger partial charge in [-0.2, -0.15) is 19.8 Å². The molecule has 3 aromatic rings. The number of nitriles is 2. The Hall–Kier alpha value is -3.31. The molecule has 33 heavy (non-hydrogen) atoms. The molecule has 0 bridgehead atoms. The number of rotatable bonds is 7. The molecule has 1 amide bonds. The molecule has 0 spiro atoms. The Bertz CT molecular complexity index is 1440. The molecule has 3 rings (SSSR count). The molecule has 10 heteroatoms. The predicted octanol–water partition coefficient (Wildman–Crippen LogP) is 3.42. The van der Waals surface area contributed by atoms with E-state index in [-0.39, 0.29) is 36.4 Å². The Kier molecular flexibility index (Phi) is 7.44. The van der Waals surface area contributed by atoms with Crippen molar-refractivity contribution in [3.05, 3.63) is 57.9 Å². The maximum Gasteiger partial charge on any atom is 0.279 e. The second-order valence-electron chi connectivity index (χ2n) is 7.48. The topological polar surface area (TPSA) is 119 Å². The average molecular weight is 482 g/mol. The lowest BCUT2D eigenvalue weighted by Crippen LogP contribution is -2.32. The van der Waals surface area contributed by atoms with Crippen LogP contribution >= 0.6 is 11.3 Å². The van der Waals surface area contributed by atoms with Crippen LogP contribution in [0.4, 0.5) is 0 Å². The van der Waals surface area contributed by atoms with Crippen molar-refractivity contribution in [3.8, 4) is 12.1 Å². The molecule has 2 aromatic carbocycles. The van der Waals surface area contributed by atoms with E-state index in [1.165, 1.54) is 35.6 Å². The zero-order chi connectivity index (χ0) is 24.2. The fourth-order valence-electron chi connectivity index (χ4n) is 3.44. The Morgan fingerprint density at radius 2 is 1.61 bits per heavy atom. The van der Waals surface area contributed by atoms with E-state index in [1.54, 1.807) is 0 Å². The molecule has 1 heterocycles. The number of benzene rings is 2. The van der Waals surface area contributed by atoms with Gasteiger partial charge >= 0.3 is 0 Å². The van der Waals surface area contributed by atoms with E-state index in [1.807, 2.05) is 49.7 Å². The Balaban J connectivity index is 1.92. The standard InChI is InChI=1S/C23H23N5O3S2/c1-16-6-7-17(2)21-20(16)27(3)23(32-21)26-22(29)18-8-10-19(11-9-18)33(30,31)28(14-4-12-24)15-5-13-25/h6-11H,4-5,14-15H2,1-3H3. The summed E-state index contributed by atoms with van der Waals surface area (Å²) in [7, 11) is -2.03. The Morgan fingerprint density at radius 1 is 1.03 bits per heavy atom. The summed E-state index contributed by atoms with van der Waals surface area (Å²) in [5, 5.41) is 17.6. The van der Waals surface area contributed by atoms with Crippen LogP contribution in [0.15, 0.2) is 46.3 Å². The minimum Gasteiger partial charge on any atom is -0.319 e. The number of aryl methyl sites for hydroxylation is 3. The van der Waals surface area contributed by atoms with Crippen LogP contribution in [0.5, 0.6) is 0 Å². The largest absolute Gasteiger partial charge is 0.319 e. The first kappa shape index (κ1) is 24.3. The van der Waals surface area contributed by atoms with Crippen molar-refractivity contribution in [2.45, 2.75) is 31.6 Å². The zero-order valence-electron chi connectivity index (χ0n) is 18.6. The fourth-order valence-corrected chi connectivity index (χ4v) is 6.05. The lowest BCUT2D eigenvalue weighted by molar-refractivity contribution is 0.0998. The van der Waals surface area contributed by atoms with Crippen molar-refractivity contribution in [1.29, 1.82) is 10.5 Å². The van der Waals surface area contributed by atoms with E-state index in [4.69, 9.17) is 10.5 Å². The SMILES string of the molecule is Cc1ccc(C)c2c1sc(=NC(=O)c1ccc(S(=O)(=O)N(CCC#N)CCC#N)cc1)n2C. The number of thiazole rings is 1. The van der Waals surface area contributed by atoms with Crippen LogP contribution in [-0.4, -0.2) is 36.3 Å². The van der Waals surface area contributed by atoms with Gasteiger partial charge in [-0.25, -0.2) is 8.42 Å². The minimum atomic E-state index is -3.89. The highest BCUT2D eigenvalue weighted by Gasteiger charge is 2.24. The van der Waals surface area contributed by atoms with Crippen LogP contribution in [0, 0.1) is 36.5 Å². The maximum atomic E-state index is 12.9. The van der Waals surface area contributed by atoms with Gasteiger partial charge in [0.25, 0.3) is 5.91 Å². The predicted molar refractivity (Wildman–Crippen MR) is 126 cm³/mol. The first-order valence-corrected chi connectivity index (χ1v) is 12.4. The van der Waals surface area contributed by atoms with E-state index >= 15 is 0 Å². The van der Waals surface area contributed by atoms with Crippen LogP contribution in [0.25, 0.3) is 10.2 Å². The molecule has 0 saturated carbocycles. The van der Waals surface area contributed by atoms with Gasteiger partial charge in [-0.05, 0) is 49.2 Å². The summed E-state index contributed by atoms with van der Waals surface area (Å²) in [6, 6.07) is 13.5. The summed E-state index contributed by atoms with van der Waals surface area (Å²) in [6.07, 6.45) is 0.0382. The summed E-state index contributed by atoms with van der Waals surface area (Å²) in [5.74, 6) is -0.470. The van der Waals surface area contributed by atoms with E-state index in [0.717, 1.165) is 25.6 Å². The van der Waals surface area contributed by atoms with Crippen molar-refractivity contribution >= 4 is 37.5 Å². The number of hydrogen-bond acceptors (Lipinski definition) is 6. The second kappa shape index (κ2) is 10.1. The van der Waals surface area contributed by atoms with Crippen LogP contribution < -0.4 is 4.80 Å². The number of nitrogens with zero attached hydrogens (tertiary/aromatic N) is 5. The quantitative estimate of drug-likeness (QED) is 0.512.